The third kappa shape index (κ3) is 2.90. The first-order valence-electron chi connectivity index (χ1n) is 6.50. The Bertz CT molecular complexity index is 558. The second-order valence-corrected chi connectivity index (χ2v) is 5.94. The molecule has 0 spiro atoms. The summed E-state index contributed by atoms with van der Waals surface area (Å²) >= 11 is 3.65. The number of nitrogens with two attached hydrogens (primary N) is 1. The van der Waals surface area contributed by atoms with Gasteiger partial charge in [0.25, 0.3) is 0 Å². The normalized spacial score (nSPS) is 14.4. The average Bonchev–Trinajstić information content (AvgIpc) is 2.67. The van der Waals surface area contributed by atoms with E-state index in [0.29, 0.717) is 0 Å². The van der Waals surface area contributed by atoms with Gasteiger partial charge in [-0.05, 0) is 34.8 Å². The highest BCUT2D eigenvalue weighted by Crippen LogP contribution is 2.28. The predicted octanol–water partition coefficient (Wildman–Crippen LogP) is 3.16. The van der Waals surface area contributed by atoms with Gasteiger partial charge in [0.15, 0.2) is 0 Å². The SMILES string of the molecule is CCc1nn(C)c(CC(C)(N)c2ccccc2)c1Br. The summed E-state index contributed by atoms with van der Waals surface area (Å²) in [6.07, 6.45) is 1.67. The summed E-state index contributed by atoms with van der Waals surface area (Å²) in [5, 5.41) is 4.52. The standard InChI is InChI=1S/C15H20BrN3/c1-4-12-14(16)13(19(3)18-12)10-15(2,17)11-8-6-5-7-9-11/h5-9H,4,10,17H2,1-3H3. The molecule has 3 nitrogen and oxygen atoms in total. The van der Waals surface area contributed by atoms with Crippen LogP contribution in [0.3, 0.4) is 0 Å². The van der Waals surface area contributed by atoms with Crippen molar-refractivity contribution in [2.45, 2.75) is 32.2 Å². The molecule has 2 N–H and O–H groups in total. The van der Waals surface area contributed by atoms with Gasteiger partial charge in [0.2, 0.25) is 0 Å². The highest BCUT2D eigenvalue weighted by molar-refractivity contribution is 9.10. The van der Waals surface area contributed by atoms with Crippen molar-refractivity contribution in [3.63, 3.8) is 0 Å². The van der Waals surface area contributed by atoms with Crippen LogP contribution in [0.25, 0.3) is 0 Å². The van der Waals surface area contributed by atoms with E-state index in [2.05, 4.69) is 47.0 Å². The van der Waals surface area contributed by atoms with Gasteiger partial charge in [0.1, 0.15) is 0 Å². The molecule has 4 heteroatoms. The lowest BCUT2D eigenvalue weighted by molar-refractivity contribution is 0.471. The summed E-state index contributed by atoms with van der Waals surface area (Å²) in [7, 11) is 1.97. The number of aryl methyl sites for hydroxylation is 2. The minimum Gasteiger partial charge on any atom is -0.321 e. The fourth-order valence-electron chi connectivity index (χ4n) is 2.28. The number of hydrogen-bond donors (Lipinski definition) is 1. The minimum absolute atomic E-state index is 0.400. The molecule has 0 saturated carbocycles. The monoisotopic (exact) mass is 321 g/mol. The van der Waals surface area contributed by atoms with Crippen LogP contribution in [0, 0.1) is 0 Å². The molecule has 1 atom stereocenters. The van der Waals surface area contributed by atoms with Crippen LogP contribution in [0.2, 0.25) is 0 Å². The molecule has 102 valence electrons. The van der Waals surface area contributed by atoms with Gasteiger partial charge in [-0.15, -0.1) is 0 Å². The number of hydrogen-bond acceptors (Lipinski definition) is 2. The van der Waals surface area contributed by atoms with E-state index in [0.717, 1.165) is 34.3 Å². The second-order valence-electron chi connectivity index (χ2n) is 5.14. The predicted molar refractivity (Wildman–Crippen MR) is 82.0 cm³/mol. The highest BCUT2D eigenvalue weighted by atomic mass is 79.9. The van der Waals surface area contributed by atoms with E-state index in [1.807, 2.05) is 29.9 Å². The quantitative estimate of drug-likeness (QED) is 0.940. The van der Waals surface area contributed by atoms with Gasteiger partial charge in [0, 0.05) is 19.0 Å². The molecule has 1 unspecified atom stereocenters. The molecular formula is C15H20BrN3. The van der Waals surface area contributed by atoms with E-state index in [-0.39, 0.29) is 0 Å². The van der Waals surface area contributed by atoms with E-state index < -0.39 is 5.54 Å². The number of benzene rings is 1. The van der Waals surface area contributed by atoms with Crippen molar-refractivity contribution in [2.75, 3.05) is 0 Å². The molecule has 1 aromatic heterocycles. The zero-order chi connectivity index (χ0) is 14.0. The lowest BCUT2D eigenvalue weighted by Crippen LogP contribution is -2.36. The number of rotatable bonds is 4. The largest absolute Gasteiger partial charge is 0.321 e. The molecule has 0 aliphatic rings. The first kappa shape index (κ1) is 14.3. The molecule has 19 heavy (non-hydrogen) atoms. The minimum atomic E-state index is -0.400. The van der Waals surface area contributed by atoms with E-state index in [1.165, 1.54) is 0 Å². The van der Waals surface area contributed by atoms with Crippen molar-refractivity contribution in [1.82, 2.24) is 9.78 Å². The Kier molecular flexibility index (Phi) is 4.11. The molecule has 2 rings (SSSR count). The Morgan fingerprint density at radius 2 is 1.95 bits per heavy atom. The van der Waals surface area contributed by atoms with Crippen molar-refractivity contribution in [3.05, 3.63) is 51.8 Å². The Hall–Kier alpha value is -1.13. The summed E-state index contributed by atoms with van der Waals surface area (Å²) < 4.78 is 3.02. The fraction of sp³-hybridized carbons (Fsp3) is 0.400. The zero-order valence-electron chi connectivity index (χ0n) is 11.7. The molecule has 0 bridgehead atoms. The van der Waals surface area contributed by atoms with E-state index in [4.69, 9.17) is 5.73 Å². The second kappa shape index (κ2) is 5.47. The van der Waals surface area contributed by atoms with Gasteiger partial charge in [-0.1, -0.05) is 37.3 Å². The molecule has 1 aromatic carbocycles. The van der Waals surface area contributed by atoms with Crippen molar-refractivity contribution >= 4 is 15.9 Å². The lowest BCUT2D eigenvalue weighted by atomic mass is 9.88. The molecule has 2 aromatic rings. The van der Waals surface area contributed by atoms with Crippen molar-refractivity contribution in [2.24, 2.45) is 12.8 Å². The van der Waals surface area contributed by atoms with Gasteiger partial charge in [-0.25, -0.2) is 0 Å². The van der Waals surface area contributed by atoms with Crippen LogP contribution in [-0.4, -0.2) is 9.78 Å². The molecule has 1 heterocycles. The Labute approximate surface area is 122 Å². The molecule has 0 aliphatic heterocycles. The molecule has 0 saturated heterocycles. The van der Waals surface area contributed by atoms with E-state index >= 15 is 0 Å². The fourth-order valence-corrected chi connectivity index (χ4v) is 3.04. The summed E-state index contributed by atoms with van der Waals surface area (Å²) in [5.74, 6) is 0. The summed E-state index contributed by atoms with van der Waals surface area (Å²) in [6.45, 7) is 4.17. The van der Waals surface area contributed by atoms with Crippen LogP contribution in [0.5, 0.6) is 0 Å². The first-order valence-corrected chi connectivity index (χ1v) is 7.29. The smallest absolute Gasteiger partial charge is 0.0766 e. The molecule has 0 amide bonds. The third-order valence-corrected chi connectivity index (χ3v) is 4.39. The van der Waals surface area contributed by atoms with Crippen molar-refractivity contribution in [1.29, 1.82) is 0 Å². The maximum atomic E-state index is 6.50. The van der Waals surface area contributed by atoms with Crippen LogP contribution in [0.4, 0.5) is 0 Å². The van der Waals surface area contributed by atoms with E-state index in [9.17, 15) is 0 Å². The Morgan fingerprint density at radius 1 is 1.32 bits per heavy atom. The molecule has 0 fully saturated rings. The van der Waals surface area contributed by atoms with Gasteiger partial charge >= 0.3 is 0 Å². The number of aromatic nitrogens is 2. The molecular weight excluding hydrogens is 302 g/mol. The summed E-state index contributed by atoms with van der Waals surface area (Å²) in [4.78, 5) is 0. The molecule has 0 radical (unpaired) electrons. The summed E-state index contributed by atoms with van der Waals surface area (Å²) in [5.41, 5.74) is 9.47. The van der Waals surface area contributed by atoms with Crippen molar-refractivity contribution < 1.29 is 0 Å². The molecule has 0 aliphatic carbocycles. The van der Waals surface area contributed by atoms with Gasteiger partial charge < -0.3 is 5.73 Å². The average molecular weight is 322 g/mol. The van der Waals surface area contributed by atoms with Gasteiger partial charge in [0.05, 0.1) is 15.9 Å². The lowest BCUT2D eigenvalue weighted by Gasteiger charge is -2.25. The summed E-state index contributed by atoms with van der Waals surface area (Å²) in [6, 6.07) is 10.2. The van der Waals surface area contributed by atoms with Gasteiger partial charge in [-0.2, -0.15) is 5.10 Å². The van der Waals surface area contributed by atoms with Crippen molar-refractivity contribution in [3.8, 4) is 0 Å². The first-order chi connectivity index (χ1) is 8.95. The topological polar surface area (TPSA) is 43.8 Å². The van der Waals surface area contributed by atoms with Crippen LogP contribution < -0.4 is 5.73 Å². The number of halogens is 1. The van der Waals surface area contributed by atoms with Crippen LogP contribution in [0.15, 0.2) is 34.8 Å². The maximum Gasteiger partial charge on any atom is 0.0766 e. The number of nitrogens with zero attached hydrogens (tertiary/aromatic N) is 2. The maximum absolute atomic E-state index is 6.50. The third-order valence-electron chi connectivity index (χ3n) is 3.47. The van der Waals surface area contributed by atoms with Crippen LogP contribution in [0.1, 0.15) is 30.8 Å². The van der Waals surface area contributed by atoms with E-state index in [1.54, 1.807) is 0 Å². The van der Waals surface area contributed by atoms with Gasteiger partial charge in [-0.3, -0.25) is 4.68 Å². The Morgan fingerprint density at radius 3 is 2.47 bits per heavy atom. The highest BCUT2D eigenvalue weighted by Gasteiger charge is 2.25. The Balaban J connectivity index is 2.33. The van der Waals surface area contributed by atoms with Crippen LogP contribution >= 0.6 is 15.9 Å². The zero-order valence-corrected chi connectivity index (χ0v) is 13.2. The van der Waals surface area contributed by atoms with Crippen LogP contribution in [-0.2, 0) is 25.4 Å².